The van der Waals surface area contributed by atoms with E-state index in [1.807, 2.05) is 0 Å². The Balaban J connectivity index is 5.23. The zero-order valence-electron chi connectivity index (χ0n) is 72.4. The topological polar surface area (TPSA) is 237 Å². The van der Waals surface area contributed by atoms with Crippen LogP contribution in [-0.2, 0) is 65.4 Å². The number of ether oxygens (including phenoxy) is 4. The molecule has 19 heteroatoms. The van der Waals surface area contributed by atoms with Crippen LogP contribution >= 0.6 is 15.6 Å². The molecule has 0 fully saturated rings. The van der Waals surface area contributed by atoms with Gasteiger partial charge in [0.2, 0.25) is 0 Å². The number of hydrogen-bond acceptors (Lipinski definition) is 15. The first-order valence-electron chi connectivity index (χ1n) is 47.2. The average Bonchev–Trinajstić information content (AvgIpc) is 0.898. The summed E-state index contributed by atoms with van der Waals surface area (Å²) in [6.45, 7) is 7.41. The minimum Gasteiger partial charge on any atom is -0.462 e. The van der Waals surface area contributed by atoms with Gasteiger partial charge in [-0.3, -0.25) is 37.3 Å². The highest BCUT2D eigenvalue weighted by Crippen LogP contribution is 2.45. The van der Waals surface area contributed by atoms with Crippen molar-refractivity contribution in [2.24, 2.45) is 5.92 Å². The maximum Gasteiger partial charge on any atom is 0.472 e. The summed E-state index contributed by atoms with van der Waals surface area (Å²) in [5.41, 5.74) is 0. The van der Waals surface area contributed by atoms with Crippen molar-refractivity contribution in [2.75, 3.05) is 39.6 Å². The van der Waals surface area contributed by atoms with Gasteiger partial charge in [0.05, 0.1) is 26.4 Å². The van der Waals surface area contributed by atoms with Crippen molar-refractivity contribution >= 4 is 39.5 Å². The van der Waals surface area contributed by atoms with Gasteiger partial charge in [-0.25, -0.2) is 9.13 Å². The van der Waals surface area contributed by atoms with E-state index in [0.717, 1.165) is 95.8 Å². The third-order valence-corrected chi connectivity index (χ3v) is 23.8. The molecule has 3 N–H and O–H groups in total. The van der Waals surface area contributed by atoms with E-state index in [1.165, 1.54) is 321 Å². The van der Waals surface area contributed by atoms with Gasteiger partial charge in [-0.2, -0.15) is 0 Å². The van der Waals surface area contributed by atoms with Crippen molar-refractivity contribution < 1.29 is 80.2 Å². The molecule has 6 atom stereocenters. The molecule has 0 spiro atoms. The first-order chi connectivity index (χ1) is 53.6. The summed E-state index contributed by atoms with van der Waals surface area (Å²) in [4.78, 5) is 73.4. The second-order valence-electron chi connectivity index (χ2n) is 32.9. The number of aliphatic hydroxyl groups excluding tert-OH is 1. The first-order valence-corrected chi connectivity index (χ1v) is 50.2. The van der Waals surface area contributed by atoms with Crippen LogP contribution in [0.5, 0.6) is 0 Å². The fraction of sp³-hybridized carbons (Fsp3) is 0.956. The highest BCUT2D eigenvalue weighted by atomic mass is 31.2. The molecular formula is C91H178O17P2. The highest BCUT2D eigenvalue weighted by molar-refractivity contribution is 7.47. The molecule has 17 nitrogen and oxygen atoms in total. The lowest BCUT2D eigenvalue weighted by Gasteiger charge is -2.21. The lowest BCUT2D eigenvalue weighted by molar-refractivity contribution is -0.161. The lowest BCUT2D eigenvalue weighted by atomic mass is 9.99. The van der Waals surface area contributed by atoms with Crippen LogP contribution in [0.25, 0.3) is 0 Å². The van der Waals surface area contributed by atoms with Gasteiger partial charge in [0, 0.05) is 25.7 Å². The monoisotopic (exact) mass is 1610 g/mol. The Bertz CT molecular complexity index is 2080. The van der Waals surface area contributed by atoms with E-state index in [0.29, 0.717) is 25.7 Å². The molecule has 0 aliphatic heterocycles. The number of rotatable bonds is 91. The number of carbonyl (C=O) groups is 4. The SMILES string of the molecule is CCCCCCCCCCCCCCCCCCCCCCCCC(=O)O[C@H](COC(=O)CCCCCCCCCCCCCCCCCCCCCCC)COP(=O)(O)OC[C@@H](O)COP(=O)(O)OC[C@@H](COC(=O)CCCCCCCCCCCCCCC)OC(=O)CCCCCCCCCCCCC(C)CC. The van der Waals surface area contributed by atoms with Crippen molar-refractivity contribution in [3.05, 3.63) is 0 Å². The second kappa shape index (κ2) is 83.5. The zero-order valence-corrected chi connectivity index (χ0v) is 74.2. The molecule has 0 radical (unpaired) electrons. The summed E-state index contributed by atoms with van der Waals surface area (Å²) in [6, 6.07) is 0. The number of esters is 4. The van der Waals surface area contributed by atoms with E-state index in [-0.39, 0.29) is 25.7 Å². The third kappa shape index (κ3) is 82.6. The molecule has 0 aromatic heterocycles. The number of hydrogen-bond donors (Lipinski definition) is 3. The summed E-state index contributed by atoms with van der Waals surface area (Å²) in [7, 11) is -9.93. The van der Waals surface area contributed by atoms with Crippen LogP contribution < -0.4 is 0 Å². The molecule has 0 rings (SSSR count). The van der Waals surface area contributed by atoms with Crippen molar-refractivity contribution in [1.29, 1.82) is 0 Å². The van der Waals surface area contributed by atoms with Gasteiger partial charge in [0.1, 0.15) is 19.3 Å². The predicted octanol–water partition coefficient (Wildman–Crippen LogP) is 28.3. The van der Waals surface area contributed by atoms with Gasteiger partial charge in [0.25, 0.3) is 0 Å². The number of phosphoric acid groups is 2. The predicted molar refractivity (Wildman–Crippen MR) is 455 cm³/mol. The second-order valence-corrected chi connectivity index (χ2v) is 35.8. The van der Waals surface area contributed by atoms with Gasteiger partial charge < -0.3 is 33.8 Å². The van der Waals surface area contributed by atoms with Crippen molar-refractivity contribution in [3.8, 4) is 0 Å². The van der Waals surface area contributed by atoms with Gasteiger partial charge in [0.15, 0.2) is 12.2 Å². The van der Waals surface area contributed by atoms with Gasteiger partial charge in [-0.1, -0.05) is 446 Å². The fourth-order valence-corrected chi connectivity index (χ4v) is 15.9. The van der Waals surface area contributed by atoms with Crippen molar-refractivity contribution in [2.45, 2.75) is 515 Å². The Morgan fingerprint density at radius 1 is 0.255 bits per heavy atom. The molecule has 0 heterocycles. The van der Waals surface area contributed by atoms with Crippen molar-refractivity contribution in [1.82, 2.24) is 0 Å². The average molecular weight is 1610 g/mol. The van der Waals surface area contributed by atoms with Gasteiger partial charge in [-0.15, -0.1) is 0 Å². The largest absolute Gasteiger partial charge is 0.472 e. The normalized spacial score (nSPS) is 13.9. The van der Waals surface area contributed by atoms with Crippen LogP contribution in [0.15, 0.2) is 0 Å². The molecule has 0 amide bonds. The van der Waals surface area contributed by atoms with Crippen LogP contribution in [0.3, 0.4) is 0 Å². The number of aliphatic hydroxyl groups is 1. The molecule has 0 aromatic rings. The van der Waals surface area contributed by atoms with Crippen LogP contribution in [-0.4, -0.2) is 96.7 Å². The quantitative estimate of drug-likeness (QED) is 0.0222. The summed E-state index contributed by atoms with van der Waals surface area (Å²) in [5.74, 6) is -1.29. The van der Waals surface area contributed by atoms with E-state index >= 15 is 0 Å². The summed E-state index contributed by atoms with van der Waals surface area (Å²) < 4.78 is 69.1. The summed E-state index contributed by atoms with van der Waals surface area (Å²) >= 11 is 0. The van der Waals surface area contributed by atoms with Gasteiger partial charge in [-0.05, 0) is 31.6 Å². The Morgan fingerprint density at radius 2 is 0.436 bits per heavy atom. The molecule has 654 valence electrons. The highest BCUT2D eigenvalue weighted by Gasteiger charge is 2.31. The fourth-order valence-electron chi connectivity index (χ4n) is 14.3. The number of carbonyl (C=O) groups excluding carboxylic acids is 4. The summed E-state index contributed by atoms with van der Waals surface area (Å²) in [6.07, 6.45) is 79.2. The van der Waals surface area contributed by atoms with E-state index in [9.17, 15) is 43.2 Å². The number of unbranched alkanes of at least 4 members (excludes halogenated alkanes) is 62. The molecule has 110 heavy (non-hydrogen) atoms. The third-order valence-electron chi connectivity index (χ3n) is 21.9. The molecule has 0 saturated carbocycles. The number of phosphoric ester groups is 2. The van der Waals surface area contributed by atoms with E-state index in [2.05, 4.69) is 34.6 Å². The molecule has 0 bridgehead atoms. The van der Waals surface area contributed by atoms with Crippen LogP contribution in [0, 0.1) is 5.92 Å². The Labute approximate surface area is 677 Å². The molecule has 0 aliphatic carbocycles. The molecule has 3 unspecified atom stereocenters. The standard InChI is InChI=1S/C91H178O17P2/c1-6-10-13-16-19-22-25-28-30-32-34-36-38-40-42-44-47-50-56-61-66-71-76-90(95)107-86(80-102-89(94)75-70-65-60-55-49-46-43-41-39-37-35-33-31-29-26-23-20-17-14-11-7-2)82-105-109(97,98)103-78-85(92)79-104-110(99,100)106-83-87(81-101-88(93)74-69-64-59-54-48-45-27-24-21-18-15-12-8-3)108-91(96)77-72-67-62-57-52-51-53-58-63-68-73-84(5)9-4/h84-87,92H,6-83H2,1-5H3,(H,97,98)(H,99,100)/t84?,85-,86-,87-/m1/s1. The first kappa shape index (κ1) is 108. The maximum atomic E-state index is 13.2. The lowest BCUT2D eigenvalue weighted by Crippen LogP contribution is -2.30. The van der Waals surface area contributed by atoms with Crippen LogP contribution in [0.2, 0.25) is 0 Å². The molecule has 0 aromatic carbocycles. The molecule has 0 aliphatic rings. The van der Waals surface area contributed by atoms with Crippen LogP contribution in [0.1, 0.15) is 497 Å². The van der Waals surface area contributed by atoms with Gasteiger partial charge >= 0.3 is 39.5 Å². The zero-order chi connectivity index (χ0) is 80.4. The van der Waals surface area contributed by atoms with E-state index < -0.39 is 97.5 Å². The van der Waals surface area contributed by atoms with E-state index in [1.54, 1.807) is 0 Å². The Morgan fingerprint density at radius 3 is 0.645 bits per heavy atom. The van der Waals surface area contributed by atoms with Crippen LogP contribution in [0.4, 0.5) is 0 Å². The summed E-state index contributed by atoms with van der Waals surface area (Å²) in [5, 5.41) is 10.7. The minimum atomic E-state index is -4.97. The Hall–Kier alpha value is -1.94. The minimum absolute atomic E-state index is 0.107. The smallest absolute Gasteiger partial charge is 0.462 e. The van der Waals surface area contributed by atoms with E-state index in [4.69, 9.17) is 37.0 Å². The maximum absolute atomic E-state index is 13.2. The molecule has 0 saturated heterocycles. The van der Waals surface area contributed by atoms with Crippen molar-refractivity contribution in [3.63, 3.8) is 0 Å². The molecular weight excluding hydrogens is 1430 g/mol. The Kier molecular flexibility index (Phi) is 82.1.